The molecule has 1 aromatic rings. The Kier molecular flexibility index (Phi) is 7.30. The lowest BCUT2D eigenvalue weighted by atomic mass is 10.1. The van der Waals surface area contributed by atoms with Crippen molar-refractivity contribution in [3.63, 3.8) is 0 Å². The highest BCUT2D eigenvalue weighted by Crippen LogP contribution is 2.15. The lowest BCUT2D eigenvalue weighted by Gasteiger charge is -2.10. The third-order valence-corrected chi connectivity index (χ3v) is 3.42. The highest BCUT2D eigenvalue weighted by atomic mass is 32.2. The molecule has 0 aliphatic carbocycles. The van der Waals surface area contributed by atoms with Crippen LogP contribution in [0.4, 0.5) is 0 Å². The summed E-state index contributed by atoms with van der Waals surface area (Å²) >= 11 is 1.87. The molecule has 1 aromatic carbocycles. The fraction of sp³-hybridized carbons (Fsp3) is 0.538. The van der Waals surface area contributed by atoms with Crippen molar-refractivity contribution in [3.8, 4) is 0 Å². The van der Waals surface area contributed by atoms with Gasteiger partial charge >= 0.3 is 0 Å². The number of nitrogens with one attached hydrogen (secondary N) is 1. The Bertz CT molecular complexity index is 266. The zero-order valence-electron chi connectivity index (χ0n) is 9.86. The van der Waals surface area contributed by atoms with Crippen LogP contribution in [0.15, 0.2) is 35.2 Å². The van der Waals surface area contributed by atoms with Crippen LogP contribution in [0.3, 0.4) is 0 Å². The van der Waals surface area contributed by atoms with Crippen LogP contribution in [0.25, 0.3) is 0 Å². The molecule has 0 aliphatic heterocycles. The SMILES string of the molecule is CC(CCO)CNCCSc1ccccc1. The standard InChI is InChI=1S/C13H21NOS/c1-12(7-9-15)11-14-8-10-16-13-5-3-2-4-6-13/h2-6,12,14-15H,7-11H2,1H3. The summed E-state index contributed by atoms with van der Waals surface area (Å²) in [6.45, 7) is 4.47. The summed E-state index contributed by atoms with van der Waals surface area (Å²) in [7, 11) is 0. The van der Waals surface area contributed by atoms with Crippen molar-refractivity contribution in [3.05, 3.63) is 30.3 Å². The van der Waals surface area contributed by atoms with E-state index in [1.54, 1.807) is 0 Å². The molecule has 1 atom stereocenters. The minimum absolute atomic E-state index is 0.293. The summed E-state index contributed by atoms with van der Waals surface area (Å²) in [6, 6.07) is 10.5. The lowest BCUT2D eigenvalue weighted by molar-refractivity contribution is 0.260. The molecule has 0 bridgehead atoms. The monoisotopic (exact) mass is 239 g/mol. The van der Waals surface area contributed by atoms with E-state index >= 15 is 0 Å². The Hall–Kier alpha value is -0.510. The van der Waals surface area contributed by atoms with Gasteiger partial charge in [0, 0.05) is 23.8 Å². The molecule has 0 saturated heterocycles. The summed E-state index contributed by atoms with van der Waals surface area (Å²) in [4.78, 5) is 1.33. The van der Waals surface area contributed by atoms with E-state index in [2.05, 4.69) is 36.5 Å². The number of aliphatic hydroxyl groups excluding tert-OH is 1. The number of benzene rings is 1. The van der Waals surface area contributed by atoms with E-state index in [-0.39, 0.29) is 0 Å². The third kappa shape index (κ3) is 6.16. The maximum Gasteiger partial charge on any atom is 0.0434 e. The molecule has 0 aliphatic rings. The molecule has 0 fully saturated rings. The third-order valence-electron chi connectivity index (χ3n) is 2.41. The van der Waals surface area contributed by atoms with Crippen molar-refractivity contribution < 1.29 is 5.11 Å². The van der Waals surface area contributed by atoms with E-state index in [0.29, 0.717) is 12.5 Å². The molecule has 90 valence electrons. The summed E-state index contributed by atoms with van der Waals surface area (Å²) in [5, 5.41) is 12.2. The normalized spacial score (nSPS) is 12.6. The number of aliphatic hydroxyl groups is 1. The molecule has 0 saturated carbocycles. The first-order valence-electron chi connectivity index (χ1n) is 5.82. The van der Waals surface area contributed by atoms with Crippen LogP contribution < -0.4 is 5.32 Å². The quantitative estimate of drug-likeness (QED) is 0.540. The van der Waals surface area contributed by atoms with Crippen molar-refractivity contribution >= 4 is 11.8 Å². The van der Waals surface area contributed by atoms with Gasteiger partial charge in [0.25, 0.3) is 0 Å². The number of rotatable bonds is 8. The van der Waals surface area contributed by atoms with Crippen molar-refractivity contribution in [1.29, 1.82) is 0 Å². The zero-order chi connectivity index (χ0) is 11.6. The predicted octanol–water partition coefficient (Wildman–Crippen LogP) is 2.39. The zero-order valence-corrected chi connectivity index (χ0v) is 10.7. The van der Waals surface area contributed by atoms with Crippen molar-refractivity contribution in [2.45, 2.75) is 18.2 Å². The van der Waals surface area contributed by atoms with Crippen LogP contribution in [0.1, 0.15) is 13.3 Å². The molecule has 0 amide bonds. The van der Waals surface area contributed by atoms with Gasteiger partial charge in [0.2, 0.25) is 0 Å². The van der Waals surface area contributed by atoms with E-state index in [1.165, 1.54) is 4.90 Å². The van der Waals surface area contributed by atoms with Crippen LogP contribution in [0, 0.1) is 5.92 Å². The van der Waals surface area contributed by atoms with Crippen LogP contribution in [0.2, 0.25) is 0 Å². The molecule has 0 aromatic heterocycles. The molecular formula is C13H21NOS. The molecule has 2 nitrogen and oxygen atoms in total. The number of hydrogen-bond acceptors (Lipinski definition) is 3. The molecule has 0 radical (unpaired) electrons. The van der Waals surface area contributed by atoms with Gasteiger partial charge in [0.05, 0.1) is 0 Å². The highest BCUT2D eigenvalue weighted by Gasteiger charge is 1.99. The minimum Gasteiger partial charge on any atom is -0.396 e. The van der Waals surface area contributed by atoms with Crippen molar-refractivity contribution in [2.24, 2.45) is 5.92 Å². The fourth-order valence-corrected chi connectivity index (χ4v) is 2.26. The van der Waals surface area contributed by atoms with E-state index in [4.69, 9.17) is 5.11 Å². The largest absolute Gasteiger partial charge is 0.396 e. The second-order valence-corrected chi connectivity index (χ2v) is 5.15. The van der Waals surface area contributed by atoms with Crippen molar-refractivity contribution in [2.75, 3.05) is 25.4 Å². The average Bonchev–Trinajstić information content (AvgIpc) is 2.30. The summed E-state index contributed by atoms with van der Waals surface area (Å²) in [5.74, 6) is 1.65. The molecule has 1 unspecified atom stereocenters. The van der Waals surface area contributed by atoms with Crippen LogP contribution in [-0.2, 0) is 0 Å². The number of hydrogen-bond donors (Lipinski definition) is 2. The van der Waals surface area contributed by atoms with Gasteiger partial charge in [-0.1, -0.05) is 25.1 Å². The van der Waals surface area contributed by atoms with E-state index in [1.807, 2.05) is 17.8 Å². The first-order valence-corrected chi connectivity index (χ1v) is 6.81. The summed E-state index contributed by atoms with van der Waals surface area (Å²) in [6.07, 6.45) is 0.888. The Balaban J connectivity index is 2.00. The Morgan fingerprint density at radius 2 is 2.06 bits per heavy atom. The Morgan fingerprint density at radius 3 is 2.75 bits per heavy atom. The second-order valence-electron chi connectivity index (χ2n) is 3.98. The molecule has 0 heterocycles. The van der Waals surface area contributed by atoms with Gasteiger partial charge in [-0.05, 0) is 31.0 Å². The van der Waals surface area contributed by atoms with Crippen LogP contribution >= 0.6 is 11.8 Å². The van der Waals surface area contributed by atoms with Gasteiger partial charge in [-0.3, -0.25) is 0 Å². The predicted molar refractivity (Wildman–Crippen MR) is 70.9 cm³/mol. The Morgan fingerprint density at radius 1 is 1.31 bits per heavy atom. The van der Waals surface area contributed by atoms with Gasteiger partial charge in [0.15, 0.2) is 0 Å². The van der Waals surface area contributed by atoms with Gasteiger partial charge in [-0.2, -0.15) is 0 Å². The summed E-state index contributed by atoms with van der Waals surface area (Å²) in [5.41, 5.74) is 0. The van der Waals surface area contributed by atoms with Crippen LogP contribution in [-0.4, -0.2) is 30.6 Å². The molecule has 2 N–H and O–H groups in total. The smallest absolute Gasteiger partial charge is 0.0434 e. The topological polar surface area (TPSA) is 32.3 Å². The molecule has 16 heavy (non-hydrogen) atoms. The van der Waals surface area contributed by atoms with Gasteiger partial charge in [-0.25, -0.2) is 0 Å². The van der Waals surface area contributed by atoms with Gasteiger partial charge in [-0.15, -0.1) is 11.8 Å². The fourth-order valence-electron chi connectivity index (χ4n) is 1.43. The average molecular weight is 239 g/mol. The second kappa shape index (κ2) is 8.62. The number of thioether (sulfide) groups is 1. The van der Waals surface area contributed by atoms with E-state index in [0.717, 1.165) is 25.3 Å². The summed E-state index contributed by atoms with van der Waals surface area (Å²) < 4.78 is 0. The van der Waals surface area contributed by atoms with Gasteiger partial charge < -0.3 is 10.4 Å². The maximum atomic E-state index is 8.76. The molecule has 1 rings (SSSR count). The Labute approximate surface area is 102 Å². The minimum atomic E-state index is 0.293. The lowest BCUT2D eigenvalue weighted by Crippen LogP contribution is -2.24. The highest BCUT2D eigenvalue weighted by molar-refractivity contribution is 7.99. The maximum absolute atomic E-state index is 8.76. The molecule has 0 spiro atoms. The molecular weight excluding hydrogens is 218 g/mol. The first kappa shape index (κ1) is 13.6. The van der Waals surface area contributed by atoms with E-state index < -0.39 is 0 Å². The van der Waals surface area contributed by atoms with Crippen LogP contribution in [0.5, 0.6) is 0 Å². The van der Waals surface area contributed by atoms with Crippen molar-refractivity contribution in [1.82, 2.24) is 5.32 Å². The van der Waals surface area contributed by atoms with Gasteiger partial charge in [0.1, 0.15) is 0 Å². The molecule has 3 heteroatoms. The first-order chi connectivity index (χ1) is 7.83. The van der Waals surface area contributed by atoms with E-state index in [9.17, 15) is 0 Å².